The third-order valence-electron chi connectivity index (χ3n) is 3.31. The number of aromatic nitrogens is 2. The highest BCUT2D eigenvalue weighted by atomic mass is 19.1. The number of benzene rings is 2. The van der Waals surface area contributed by atoms with Gasteiger partial charge in [-0.2, -0.15) is 0 Å². The molecule has 0 bridgehead atoms. The molecule has 5 heteroatoms. The van der Waals surface area contributed by atoms with Gasteiger partial charge in [-0.3, -0.25) is 4.79 Å². The minimum atomic E-state index is -0.526. The molecule has 1 heterocycles. The SMILES string of the molecule is O=C(CO)c1ccc2nc(Cc3ccccc3F)[nH]c2c1. The number of fused-ring (bicyclic) bond motifs is 1. The summed E-state index contributed by atoms with van der Waals surface area (Å²) in [6, 6.07) is 11.5. The standard InChI is InChI=1S/C16H13FN2O2/c17-12-4-2-1-3-10(12)8-16-18-13-6-5-11(15(21)9-20)7-14(13)19-16/h1-7,20H,8-9H2,(H,18,19). The smallest absolute Gasteiger partial charge is 0.188 e. The van der Waals surface area contributed by atoms with Gasteiger partial charge in [0.15, 0.2) is 5.78 Å². The number of aromatic amines is 1. The predicted molar refractivity (Wildman–Crippen MR) is 76.7 cm³/mol. The molecule has 0 saturated heterocycles. The van der Waals surface area contributed by atoms with Crippen LogP contribution in [0.25, 0.3) is 11.0 Å². The first-order valence-electron chi connectivity index (χ1n) is 6.53. The number of nitrogens with one attached hydrogen (secondary N) is 1. The van der Waals surface area contributed by atoms with Crippen molar-refractivity contribution in [2.75, 3.05) is 6.61 Å². The summed E-state index contributed by atoms with van der Waals surface area (Å²) in [5.41, 5.74) is 2.38. The number of H-pyrrole nitrogens is 1. The van der Waals surface area contributed by atoms with Gasteiger partial charge in [-0.1, -0.05) is 18.2 Å². The molecule has 21 heavy (non-hydrogen) atoms. The lowest BCUT2D eigenvalue weighted by atomic mass is 10.1. The van der Waals surface area contributed by atoms with E-state index in [0.29, 0.717) is 34.4 Å². The van der Waals surface area contributed by atoms with E-state index in [1.165, 1.54) is 6.07 Å². The van der Waals surface area contributed by atoms with E-state index in [9.17, 15) is 9.18 Å². The van der Waals surface area contributed by atoms with Crippen LogP contribution >= 0.6 is 0 Å². The fraction of sp³-hybridized carbons (Fsp3) is 0.125. The van der Waals surface area contributed by atoms with Gasteiger partial charge in [-0.05, 0) is 29.8 Å². The van der Waals surface area contributed by atoms with Gasteiger partial charge in [0.1, 0.15) is 18.2 Å². The van der Waals surface area contributed by atoms with Gasteiger partial charge in [-0.15, -0.1) is 0 Å². The molecule has 3 aromatic rings. The summed E-state index contributed by atoms with van der Waals surface area (Å²) in [5.74, 6) is 0.0138. The van der Waals surface area contributed by atoms with Crippen LogP contribution in [0.3, 0.4) is 0 Å². The minimum absolute atomic E-state index is 0.269. The van der Waals surface area contributed by atoms with Gasteiger partial charge in [-0.25, -0.2) is 9.37 Å². The molecule has 0 amide bonds. The molecule has 2 aromatic carbocycles. The molecule has 3 rings (SSSR count). The van der Waals surface area contributed by atoms with E-state index >= 15 is 0 Å². The molecule has 2 N–H and O–H groups in total. The zero-order valence-electron chi connectivity index (χ0n) is 11.1. The number of nitrogens with zero attached hydrogens (tertiary/aromatic N) is 1. The van der Waals surface area contributed by atoms with E-state index < -0.39 is 6.61 Å². The third kappa shape index (κ3) is 2.68. The number of Topliss-reactive ketones (excluding diaryl/α,β-unsaturated/α-hetero) is 1. The van der Waals surface area contributed by atoms with E-state index in [1.807, 2.05) is 0 Å². The first-order valence-corrected chi connectivity index (χ1v) is 6.53. The van der Waals surface area contributed by atoms with Crippen LogP contribution in [0.15, 0.2) is 42.5 Å². The maximum atomic E-state index is 13.6. The molecule has 0 aliphatic heterocycles. The second-order valence-corrected chi connectivity index (χ2v) is 4.76. The summed E-state index contributed by atoms with van der Waals surface area (Å²) in [5, 5.41) is 8.87. The Morgan fingerprint density at radius 3 is 2.81 bits per heavy atom. The molecule has 106 valence electrons. The van der Waals surface area contributed by atoms with Crippen molar-refractivity contribution in [1.82, 2.24) is 9.97 Å². The van der Waals surface area contributed by atoms with E-state index in [0.717, 1.165) is 0 Å². The fourth-order valence-electron chi connectivity index (χ4n) is 2.23. The Balaban J connectivity index is 1.94. The molecule has 0 aliphatic carbocycles. The molecule has 0 unspecified atom stereocenters. The average Bonchev–Trinajstić information content (AvgIpc) is 2.90. The van der Waals surface area contributed by atoms with Crippen molar-refractivity contribution in [1.29, 1.82) is 0 Å². The lowest BCUT2D eigenvalue weighted by Gasteiger charge is -1.99. The van der Waals surface area contributed by atoms with Crippen LogP contribution < -0.4 is 0 Å². The molecule has 0 fully saturated rings. The lowest BCUT2D eigenvalue weighted by Crippen LogP contribution is -2.03. The molecular formula is C16H13FN2O2. The maximum Gasteiger partial charge on any atom is 0.188 e. The molecular weight excluding hydrogens is 271 g/mol. The van der Waals surface area contributed by atoms with Crippen LogP contribution in [0.2, 0.25) is 0 Å². The summed E-state index contributed by atoms with van der Waals surface area (Å²) in [4.78, 5) is 18.9. The van der Waals surface area contributed by atoms with Crippen molar-refractivity contribution in [2.24, 2.45) is 0 Å². The number of carbonyl (C=O) groups excluding carboxylic acids is 1. The van der Waals surface area contributed by atoms with Crippen LogP contribution in [0.5, 0.6) is 0 Å². The Morgan fingerprint density at radius 1 is 1.24 bits per heavy atom. The molecule has 0 atom stereocenters. The van der Waals surface area contributed by atoms with Crippen molar-refractivity contribution >= 4 is 16.8 Å². The predicted octanol–water partition coefficient (Wildman–Crippen LogP) is 2.47. The highest BCUT2D eigenvalue weighted by molar-refractivity contribution is 5.99. The van der Waals surface area contributed by atoms with Crippen molar-refractivity contribution in [3.05, 3.63) is 65.2 Å². The summed E-state index contributed by atoms with van der Waals surface area (Å²) >= 11 is 0. The Hall–Kier alpha value is -2.53. The monoisotopic (exact) mass is 284 g/mol. The van der Waals surface area contributed by atoms with Gasteiger partial charge in [0.25, 0.3) is 0 Å². The van der Waals surface area contributed by atoms with Gasteiger partial charge < -0.3 is 10.1 Å². The van der Waals surface area contributed by atoms with E-state index in [1.54, 1.807) is 36.4 Å². The second-order valence-electron chi connectivity index (χ2n) is 4.76. The van der Waals surface area contributed by atoms with E-state index in [4.69, 9.17) is 5.11 Å². The second kappa shape index (κ2) is 5.46. The number of imidazole rings is 1. The quantitative estimate of drug-likeness (QED) is 0.723. The number of carbonyl (C=O) groups is 1. The summed E-state index contributed by atoms with van der Waals surface area (Å²) < 4.78 is 13.6. The molecule has 0 saturated carbocycles. The Bertz CT molecular complexity index is 811. The number of hydrogen-bond acceptors (Lipinski definition) is 3. The van der Waals surface area contributed by atoms with Crippen molar-refractivity contribution in [3.8, 4) is 0 Å². The highest BCUT2D eigenvalue weighted by Gasteiger charge is 2.10. The van der Waals surface area contributed by atoms with Crippen LogP contribution in [0.4, 0.5) is 4.39 Å². The number of hydrogen-bond donors (Lipinski definition) is 2. The number of ketones is 1. The lowest BCUT2D eigenvalue weighted by molar-refractivity contribution is 0.0904. The van der Waals surface area contributed by atoms with Crippen LogP contribution in [-0.2, 0) is 6.42 Å². The van der Waals surface area contributed by atoms with Gasteiger partial charge in [0.05, 0.1) is 11.0 Å². The van der Waals surface area contributed by atoms with Crippen molar-refractivity contribution in [3.63, 3.8) is 0 Å². The number of rotatable bonds is 4. The summed E-state index contributed by atoms with van der Waals surface area (Å²) in [6.07, 6.45) is 0.352. The van der Waals surface area contributed by atoms with Crippen LogP contribution in [0, 0.1) is 5.82 Å². The minimum Gasteiger partial charge on any atom is -0.388 e. The van der Waals surface area contributed by atoms with E-state index in [-0.39, 0.29) is 11.6 Å². The Morgan fingerprint density at radius 2 is 2.05 bits per heavy atom. The number of halogens is 1. The van der Waals surface area contributed by atoms with Crippen LogP contribution in [0.1, 0.15) is 21.7 Å². The van der Waals surface area contributed by atoms with Crippen molar-refractivity contribution < 1.29 is 14.3 Å². The van der Waals surface area contributed by atoms with Gasteiger partial charge >= 0.3 is 0 Å². The molecule has 1 aromatic heterocycles. The van der Waals surface area contributed by atoms with E-state index in [2.05, 4.69) is 9.97 Å². The first kappa shape index (κ1) is 13.5. The largest absolute Gasteiger partial charge is 0.388 e. The third-order valence-corrected chi connectivity index (χ3v) is 3.31. The topological polar surface area (TPSA) is 66.0 Å². The zero-order chi connectivity index (χ0) is 14.8. The molecule has 0 aliphatic rings. The van der Waals surface area contributed by atoms with Gasteiger partial charge in [0.2, 0.25) is 0 Å². The summed E-state index contributed by atoms with van der Waals surface area (Å²) in [7, 11) is 0. The first-order chi connectivity index (χ1) is 10.2. The molecule has 0 radical (unpaired) electrons. The van der Waals surface area contributed by atoms with Crippen LogP contribution in [-0.4, -0.2) is 27.5 Å². The summed E-state index contributed by atoms with van der Waals surface area (Å²) in [6.45, 7) is -0.526. The maximum absolute atomic E-state index is 13.6. The zero-order valence-corrected chi connectivity index (χ0v) is 11.1. The highest BCUT2D eigenvalue weighted by Crippen LogP contribution is 2.17. The Labute approximate surface area is 120 Å². The average molecular weight is 284 g/mol. The van der Waals surface area contributed by atoms with Crippen molar-refractivity contribution in [2.45, 2.75) is 6.42 Å². The molecule has 4 nitrogen and oxygen atoms in total. The fourth-order valence-corrected chi connectivity index (χ4v) is 2.23. The normalized spacial score (nSPS) is 11.0. The number of aliphatic hydroxyl groups is 1. The van der Waals surface area contributed by atoms with Gasteiger partial charge in [0, 0.05) is 12.0 Å². The number of aliphatic hydroxyl groups excluding tert-OH is 1. The molecule has 0 spiro atoms. The Kier molecular flexibility index (Phi) is 3.50.